The van der Waals surface area contributed by atoms with Gasteiger partial charge in [0.15, 0.2) is 0 Å². The van der Waals surface area contributed by atoms with Crippen molar-refractivity contribution in [1.82, 2.24) is 26.6 Å². The quantitative estimate of drug-likeness (QED) is 0.0890. The van der Waals surface area contributed by atoms with Crippen LogP contribution in [0.5, 0.6) is 0 Å². The molecule has 0 aliphatic carbocycles. The van der Waals surface area contributed by atoms with Gasteiger partial charge in [-0.1, -0.05) is 55.4 Å². The minimum absolute atomic E-state index is 0.0823. The largest absolute Gasteiger partial charge is 0.390 e. The molecule has 0 aromatic heterocycles. The number of nitrogens with two attached hydrogens (primary N) is 1. The second-order valence-electron chi connectivity index (χ2n) is 13.5. The average molecular weight is 627 g/mol. The second kappa shape index (κ2) is 21.9. The van der Waals surface area contributed by atoms with Crippen LogP contribution < -0.4 is 32.3 Å². The van der Waals surface area contributed by atoms with Crippen LogP contribution in [0.2, 0.25) is 0 Å². The Hall–Kier alpha value is -2.73. The number of aliphatic hydroxyl groups is 1. The summed E-state index contributed by atoms with van der Waals surface area (Å²) in [6, 6.07) is -3.30. The minimum Gasteiger partial charge on any atom is -0.390 e. The molecule has 0 bridgehead atoms. The highest BCUT2D eigenvalue weighted by atomic mass is 16.3. The first-order chi connectivity index (χ1) is 20.5. The minimum atomic E-state index is -1.22. The van der Waals surface area contributed by atoms with E-state index in [1.807, 2.05) is 27.7 Å². The molecule has 0 saturated heterocycles. The van der Waals surface area contributed by atoms with Crippen LogP contribution in [-0.4, -0.2) is 78.0 Å². The number of nitrogens with one attached hydrogen (secondary N) is 5. The average Bonchev–Trinajstić information content (AvgIpc) is 2.89. The highest BCUT2D eigenvalue weighted by molar-refractivity contribution is 5.92. The van der Waals surface area contributed by atoms with Gasteiger partial charge in [-0.2, -0.15) is 0 Å². The summed E-state index contributed by atoms with van der Waals surface area (Å²) in [5.41, 5.74) is 5.61. The van der Waals surface area contributed by atoms with Crippen molar-refractivity contribution in [2.75, 3.05) is 13.1 Å². The summed E-state index contributed by atoms with van der Waals surface area (Å²) in [7, 11) is 0. The molecule has 0 rings (SSSR count). The Labute approximate surface area is 265 Å². The van der Waals surface area contributed by atoms with Crippen LogP contribution in [0.4, 0.5) is 0 Å². The SMILES string of the molecule is CC(C)CCNC(=O)[C@H](C)NC(=O)C[C@H](O)[C@H](CC(C)C)NC(=O)[C@@H](NC(=O)[C@H](CCCCN)NC(=O)CC(C)C)C(C)C. The summed E-state index contributed by atoms with van der Waals surface area (Å²) < 4.78 is 0. The first-order valence-electron chi connectivity index (χ1n) is 16.3. The van der Waals surface area contributed by atoms with E-state index in [9.17, 15) is 29.1 Å². The van der Waals surface area contributed by atoms with E-state index in [4.69, 9.17) is 5.73 Å². The highest BCUT2D eigenvalue weighted by Gasteiger charge is 2.32. The number of carbonyl (C=O) groups excluding carboxylic acids is 5. The molecular weight excluding hydrogens is 564 g/mol. The van der Waals surface area contributed by atoms with E-state index in [0.29, 0.717) is 44.7 Å². The van der Waals surface area contributed by atoms with Gasteiger partial charge < -0.3 is 37.4 Å². The number of aliphatic hydroxyl groups excluding tert-OH is 1. The summed E-state index contributed by atoms with van der Waals surface area (Å²) >= 11 is 0. The van der Waals surface area contributed by atoms with Gasteiger partial charge in [-0.15, -0.1) is 0 Å². The molecule has 0 heterocycles. The van der Waals surface area contributed by atoms with Crippen molar-refractivity contribution < 1.29 is 29.1 Å². The fourth-order valence-electron chi connectivity index (χ4n) is 4.60. The molecule has 44 heavy (non-hydrogen) atoms. The van der Waals surface area contributed by atoms with Crippen LogP contribution in [-0.2, 0) is 24.0 Å². The zero-order valence-electron chi connectivity index (χ0n) is 28.6. The maximum atomic E-state index is 13.5. The molecule has 0 aromatic rings. The van der Waals surface area contributed by atoms with Gasteiger partial charge in [0.2, 0.25) is 29.5 Å². The molecule has 0 fully saturated rings. The number of unbranched alkanes of at least 4 members (excludes halogenated alkanes) is 1. The van der Waals surface area contributed by atoms with Crippen LogP contribution in [0.25, 0.3) is 0 Å². The number of hydrogen-bond acceptors (Lipinski definition) is 7. The fourth-order valence-corrected chi connectivity index (χ4v) is 4.60. The van der Waals surface area contributed by atoms with Crippen molar-refractivity contribution in [2.24, 2.45) is 29.4 Å². The molecule has 5 amide bonds. The predicted molar refractivity (Wildman–Crippen MR) is 173 cm³/mol. The van der Waals surface area contributed by atoms with E-state index in [2.05, 4.69) is 40.4 Å². The second-order valence-corrected chi connectivity index (χ2v) is 13.5. The van der Waals surface area contributed by atoms with E-state index >= 15 is 0 Å². The van der Waals surface area contributed by atoms with Crippen molar-refractivity contribution in [3.63, 3.8) is 0 Å². The predicted octanol–water partition coefficient (Wildman–Crippen LogP) is 1.74. The van der Waals surface area contributed by atoms with Gasteiger partial charge >= 0.3 is 0 Å². The van der Waals surface area contributed by atoms with Crippen molar-refractivity contribution in [3.05, 3.63) is 0 Å². The molecule has 0 spiro atoms. The van der Waals surface area contributed by atoms with Gasteiger partial charge in [-0.25, -0.2) is 0 Å². The molecule has 0 aromatic carbocycles. The zero-order valence-corrected chi connectivity index (χ0v) is 28.6. The van der Waals surface area contributed by atoms with E-state index in [1.54, 1.807) is 20.8 Å². The van der Waals surface area contributed by atoms with Crippen molar-refractivity contribution >= 4 is 29.5 Å². The lowest BCUT2D eigenvalue weighted by molar-refractivity contribution is -0.134. The molecule has 0 saturated carbocycles. The van der Waals surface area contributed by atoms with E-state index in [-0.39, 0.29) is 42.4 Å². The van der Waals surface area contributed by atoms with Crippen LogP contribution in [0.15, 0.2) is 0 Å². The molecule has 0 aliphatic rings. The maximum Gasteiger partial charge on any atom is 0.243 e. The molecule has 256 valence electrons. The van der Waals surface area contributed by atoms with Crippen molar-refractivity contribution in [3.8, 4) is 0 Å². The van der Waals surface area contributed by atoms with Crippen LogP contribution in [0.1, 0.15) is 107 Å². The third kappa shape index (κ3) is 18.2. The molecule has 0 radical (unpaired) electrons. The van der Waals surface area contributed by atoms with Gasteiger partial charge in [0.25, 0.3) is 0 Å². The van der Waals surface area contributed by atoms with Gasteiger partial charge in [-0.05, 0) is 69.2 Å². The topological polar surface area (TPSA) is 192 Å². The van der Waals surface area contributed by atoms with Crippen LogP contribution in [0, 0.1) is 23.7 Å². The first-order valence-corrected chi connectivity index (χ1v) is 16.3. The number of hydrogen-bond donors (Lipinski definition) is 7. The smallest absolute Gasteiger partial charge is 0.243 e. The van der Waals surface area contributed by atoms with Crippen molar-refractivity contribution in [1.29, 1.82) is 0 Å². The Kier molecular flexibility index (Phi) is 20.5. The van der Waals surface area contributed by atoms with Gasteiger partial charge in [0, 0.05) is 13.0 Å². The summed E-state index contributed by atoms with van der Waals surface area (Å²) in [5, 5.41) is 24.8. The molecular formula is C32H62N6O6. The van der Waals surface area contributed by atoms with Gasteiger partial charge in [0.1, 0.15) is 18.1 Å². The Morgan fingerprint density at radius 1 is 0.659 bits per heavy atom. The van der Waals surface area contributed by atoms with E-state index in [1.165, 1.54) is 0 Å². The molecule has 12 nitrogen and oxygen atoms in total. The normalized spacial score (nSPS) is 15.0. The highest BCUT2D eigenvalue weighted by Crippen LogP contribution is 2.14. The monoisotopic (exact) mass is 626 g/mol. The zero-order chi connectivity index (χ0) is 34.0. The lowest BCUT2D eigenvalue weighted by Gasteiger charge is -2.30. The molecule has 12 heteroatoms. The van der Waals surface area contributed by atoms with Crippen molar-refractivity contribution in [2.45, 2.75) is 138 Å². The molecule has 0 unspecified atom stereocenters. The van der Waals surface area contributed by atoms with E-state index in [0.717, 1.165) is 6.42 Å². The summed E-state index contributed by atoms with van der Waals surface area (Å²) in [4.78, 5) is 64.2. The molecule has 8 N–H and O–H groups in total. The van der Waals surface area contributed by atoms with Crippen LogP contribution >= 0.6 is 0 Å². The Morgan fingerprint density at radius 3 is 1.80 bits per heavy atom. The fraction of sp³-hybridized carbons (Fsp3) is 0.844. The standard InChI is InChI=1S/C32H62N6O6/c1-19(2)13-15-34-30(42)23(9)35-28(41)18-26(39)25(16-20(3)4)37-32(44)29(22(7)8)38-31(43)24(12-10-11-14-33)36-27(40)17-21(5)6/h19-26,29,39H,10-18,33H2,1-9H3,(H,34,42)(H,35,41)(H,36,40)(H,37,44)(H,38,43)/t23-,24-,25-,26-,29-/m0/s1. The lowest BCUT2D eigenvalue weighted by Crippen LogP contribution is -2.58. The summed E-state index contributed by atoms with van der Waals surface area (Å²) in [6.07, 6.45) is 1.67. The Balaban J connectivity index is 5.49. The number of amides is 5. The van der Waals surface area contributed by atoms with E-state index < -0.39 is 48.0 Å². The lowest BCUT2D eigenvalue weighted by atomic mass is 9.95. The number of carbonyl (C=O) groups is 5. The van der Waals surface area contributed by atoms with Crippen LogP contribution in [0.3, 0.4) is 0 Å². The first kappa shape index (κ1) is 41.3. The third-order valence-corrected chi connectivity index (χ3v) is 7.14. The summed E-state index contributed by atoms with van der Waals surface area (Å²) in [6.45, 7) is 17.9. The molecule has 5 atom stereocenters. The maximum absolute atomic E-state index is 13.5. The molecule has 0 aliphatic heterocycles. The summed E-state index contributed by atoms with van der Waals surface area (Å²) in [5.74, 6) is -1.68. The number of rotatable bonds is 22. The van der Waals surface area contributed by atoms with Gasteiger partial charge in [0.05, 0.1) is 18.6 Å². The van der Waals surface area contributed by atoms with Gasteiger partial charge in [-0.3, -0.25) is 24.0 Å². The third-order valence-electron chi connectivity index (χ3n) is 7.14. The Bertz CT molecular complexity index is 894. The Morgan fingerprint density at radius 2 is 1.27 bits per heavy atom.